The highest BCUT2D eigenvalue weighted by atomic mass is 16.7. The molecule has 65 heavy (non-hydrogen) atoms. The van der Waals surface area contributed by atoms with Gasteiger partial charge in [0.05, 0.1) is 35.5 Å². The standard InChI is InChI=1S/C49H70N4O12/c1-25-17-16-18-26(2)48(61)50-38-39(53(51-32-19-12-10-13-20-32)52-33-21-14-11-15-22-33)44(59)35-36(43(38)58)42(57)30(6)46-37(35)47(60)49(8,65-46)63-24-23-34(62-9)27(3)45(64-31(7)54)29(5)41(56)28(4)40(25)55/h16-18,23-25,27-29,32-34,40-41,45,51-52,55-59H,10-15,19-22H2,1-9H3,(H,50,61)/b17-16+,24-23+,26-18+/t25-,27+,28+,29+,34-,40-,41+,45+,49-/m0/s1. The lowest BCUT2D eigenvalue weighted by Gasteiger charge is -2.38. The number of aliphatic hydroxyl groups excluding tert-OH is 2. The smallest absolute Gasteiger partial charge is 0.312 e. The van der Waals surface area contributed by atoms with Crippen molar-refractivity contribution in [3.8, 4) is 23.0 Å². The van der Waals surface area contributed by atoms with E-state index in [-0.39, 0.29) is 56.7 Å². The molecular weight excluding hydrogens is 837 g/mol. The molecular formula is C49H70N4O12. The number of anilines is 2. The number of hydrogen-bond donors (Lipinski definition) is 8. The molecule has 0 spiro atoms. The highest BCUT2D eigenvalue weighted by Crippen LogP contribution is 2.57. The zero-order valence-electron chi connectivity index (χ0n) is 39.3. The molecule has 16 nitrogen and oxygen atoms in total. The van der Waals surface area contributed by atoms with Crippen molar-refractivity contribution in [1.29, 1.82) is 0 Å². The Morgan fingerprint density at radius 1 is 0.831 bits per heavy atom. The van der Waals surface area contributed by atoms with Gasteiger partial charge in [-0.2, -0.15) is 0 Å². The summed E-state index contributed by atoms with van der Waals surface area (Å²) < 4.78 is 24.0. The number of hydrogen-bond acceptors (Lipinski definition) is 15. The first-order valence-electron chi connectivity index (χ1n) is 23.2. The summed E-state index contributed by atoms with van der Waals surface area (Å²) in [6.45, 7) is 12.7. The van der Waals surface area contributed by atoms with Gasteiger partial charge in [-0.1, -0.05) is 84.4 Å². The molecule has 5 aliphatic rings. The normalized spacial score (nSPS) is 31.7. The number of fused-ring (bicyclic) bond motifs is 14. The van der Waals surface area contributed by atoms with Gasteiger partial charge in [-0.25, -0.2) is 16.0 Å². The zero-order valence-corrected chi connectivity index (χ0v) is 39.3. The van der Waals surface area contributed by atoms with Gasteiger partial charge in [0.1, 0.15) is 29.0 Å². The Labute approximate surface area is 382 Å². The number of carbonyl (C=O) groups is 3. The van der Waals surface area contributed by atoms with Crippen molar-refractivity contribution in [1.82, 2.24) is 10.9 Å². The number of nitrogens with one attached hydrogen (secondary N) is 3. The summed E-state index contributed by atoms with van der Waals surface area (Å²) >= 11 is 0. The van der Waals surface area contributed by atoms with E-state index in [1.807, 2.05) is 0 Å². The Bertz CT molecular complexity index is 2160. The third-order valence-corrected chi connectivity index (χ3v) is 14.0. The molecule has 2 aliphatic carbocycles. The number of phenols is 3. The molecule has 8 N–H and O–H groups in total. The number of rotatable bonds is 7. The van der Waals surface area contributed by atoms with Crippen LogP contribution in [0.4, 0.5) is 11.4 Å². The van der Waals surface area contributed by atoms with E-state index >= 15 is 0 Å². The van der Waals surface area contributed by atoms with Crippen LogP contribution in [0.15, 0.2) is 36.1 Å². The number of ketones is 1. The highest BCUT2D eigenvalue weighted by Gasteiger charge is 2.50. The molecule has 9 atom stereocenters. The van der Waals surface area contributed by atoms with Crippen molar-refractivity contribution in [3.05, 3.63) is 47.3 Å². The van der Waals surface area contributed by atoms with Gasteiger partial charge < -0.3 is 49.8 Å². The van der Waals surface area contributed by atoms with E-state index in [2.05, 4.69) is 16.2 Å². The van der Waals surface area contributed by atoms with Gasteiger partial charge in [0.25, 0.3) is 11.7 Å². The monoisotopic (exact) mass is 906 g/mol. The number of hydrazine groups is 2. The van der Waals surface area contributed by atoms with Crippen LogP contribution in [-0.2, 0) is 23.8 Å². The zero-order chi connectivity index (χ0) is 47.5. The fraction of sp³-hybridized carbons (Fsp3) is 0.612. The van der Waals surface area contributed by atoms with Crippen LogP contribution < -0.4 is 26.0 Å². The maximum atomic E-state index is 14.8. The Kier molecular flexibility index (Phi) is 15.8. The van der Waals surface area contributed by atoms with E-state index in [0.717, 1.165) is 64.2 Å². The van der Waals surface area contributed by atoms with Crippen LogP contribution in [0.3, 0.4) is 0 Å². The minimum atomic E-state index is -2.05. The molecule has 1 amide bonds. The summed E-state index contributed by atoms with van der Waals surface area (Å²) in [5, 5.41) is 64.0. The van der Waals surface area contributed by atoms with Gasteiger partial charge in [0.2, 0.25) is 0 Å². The molecule has 358 valence electrons. The summed E-state index contributed by atoms with van der Waals surface area (Å²) in [5.41, 5.74) is 6.93. The molecule has 2 fully saturated rings. The fourth-order valence-corrected chi connectivity index (χ4v) is 9.92. The Balaban J connectivity index is 1.56. The lowest BCUT2D eigenvalue weighted by Crippen LogP contribution is -2.57. The van der Waals surface area contributed by atoms with Crippen LogP contribution in [0.25, 0.3) is 10.8 Å². The minimum Gasteiger partial charge on any atom is -0.507 e. The number of phenolic OH excluding ortho intramolecular Hbond substituents is 3. The van der Waals surface area contributed by atoms with Crippen LogP contribution >= 0.6 is 0 Å². The van der Waals surface area contributed by atoms with Crippen molar-refractivity contribution >= 4 is 39.8 Å². The first-order valence-corrected chi connectivity index (χ1v) is 23.2. The van der Waals surface area contributed by atoms with Gasteiger partial charge in [-0.05, 0) is 45.6 Å². The summed E-state index contributed by atoms with van der Waals surface area (Å²) in [4.78, 5) is 41.4. The Morgan fingerprint density at radius 3 is 2.00 bits per heavy atom. The molecule has 0 radical (unpaired) electrons. The number of methoxy groups -OCH3 is 1. The largest absolute Gasteiger partial charge is 0.507 e. The quantitative estimate of drug-likeness (QED) is 0.0593. The molecule has 0 unspecified atom stereocenters. The molecule has 2 aromatic carbocycles. The third-order valence-electron chi connectivity index (χ3n) is 14.0. The second-order valence-electron chi connectivity index (χ2n) is 18.8. The maximum absolute atomic E-state index is 14.8. The molecule has 3 aliphatic heterocycles. The summed E-state index contributed by atoms with van der Waals surface area (Å²) in [6.07, 6.45) is 13.2. The van der Waals surface area contributed by atoms with Gasteiger partial charge >= 0.3 is 11.8 Å². The number of carbonyl (C=O) groups excluding carboxylic acids is 3. The predicted molar refractivity (Wildman–Crippen MR) is 246 cm³/mol. The SMILES string of the molecule is CO[C@H]1/C=C/O[C@@]2(C)Oc3c(C)c(O)c4c(O)c(c(N(NC5CCCCC5)NC5CCCCC5)c(O)c4c3C2=O)NC(=O)/C(C)=C/C=C/[C@H](C)[C@H](O)[C@@H](C)[C@@H](O)[C@@H](C)[C@H](OC(C)=O)[C@@H]1C. The molecule has 16 heteroatoms. The fourth-order valence-electron chi connectivity index (χ4n) is 9.92. The van der Waals surface area contributed by atoms with E-state index in [0.29, 0.717) is 0 Å². The average Bonchev–Trinajstić information content (AvgIpc) is 3.55. The number of aliphatic hydroxyl groups is 2. The van der Waals surface area contributed by atoms with Crippen LogP contribution in [0.5, 0.6) is 23.0 Å². The van der Waals surface area contributed by atoms with Crippen LogP contribution in [-0.4, -0.2) is 92.6 Å². The highest BCUT2D eigenvalue weighted by molar-refractivity contribution is 6.23. The predicted octanol–water partition coefficient (Wildman–Crippen LogP) is 7.24. The molecule has 7 rings (SSSR count). The number of ether oxygens (including phenoxy) is 4. The van der Waals surface area contributed by atoms with E-state index in [9.17, 15) is 39.9 Å². The van der Waals surface area contributed by atoms with Crippen molar-refractivity contribution in [2.24, 2.45) is 23.7 Å². The Morgan fingerprint density at radius 2 is 1.43 bits per heavy atom. The van der Waals surface area contributed by atoms with Crippen LogP contribution in [0, 0.1) is 30.6 Å². The lowest BCUT2D eigenvalue weighted by molar-refractivity contribution is -0.160. The van der Waals surface area contributed by atoms with E-state index in [1.54, 1.807) is 58.0 Å². The number of allylic oxidation sites excluding steroid dienone is 2. The number of aromatic hydroxyl groups is 3. The number of Topliss-reactive ketones (excluding diaryl/α,β-unsaturated/α-hetero) is 1. The van der Waals surface area contributed by atoms with Gasteiger partial charge in [-0.3, -0.25) is 14.4 Å². The lowest BCUT2D eigenvalue weighted by atomic mass is 9.78. The second-order valence-corrected chi connectivity index (χ2v) is 18.8. The summed E-state index contributed by atoms with van der Waals surface area (Å²) in [6, 6.07) is -0.0729. The van der Waals surface area contributed by atoms with Gasteiger partial charge in [0.15, 0.2) is 11.5 Å². The summed E-state index contributed by atoms with van der Waals surface area (Å²) in [7, 11) is 1.45. The van der Waals surface area contributed by atoms with Crippen molar-refractivity contribution in [2.75, 3.05) is 17.5 Å². The summed E-state index contributed by atoms with van der Waals surface area (Å²) in [5.74, 6) is -8.15. The molecule has 3 heterocycles. The van der Waals surface area contributed by atoms with Crippen molar-refractivity contribution in [3.63, 3.8) is 0 Å². The Hall–Kier alpha value is -4.87. The number of esters is 1. The van der Waals surface area contributed by atoms with Crippen molar-refractivity contribution < 1.29 is 58.9 Å². The number of benzene rings is 2. The minimum absolute atomic E-state index is 0.0364. The first kappa shape index (κ1) is 49.6. The molecule has 2 saturated carbocycles. The molecule has 2 aromatic rings. The van der Waals surface area contributed by atoms with E-state index in [4.69, 9.17) is 18.9 Å². The second kappa shape index (κ2) is 20.7. The van der Waals surface area contributed by atoms with E-state index < -0.39 is 88.8 Å². The van der Waals surface area contributed by atoms with Crippen molar-refractivity contribution in [2.45, 2.75) is 162 Å². The van der Waals surface area contributed by atoms with E-state index in [1.165, 1.54) is 40.2 Å². The molecule has 0 aromatic heterocycles. The number of nitrogens with zero attached hydrogens (tertiary/aromatic N) is 1. The van der Waals surface area contributed by atoms with Crippen LogP contribution in [0.2, 0.25) is 0 Å². The van der Waals surface area contributed by atoms with Gasteiger partial charge in [-0.15, -0.1) is 0 Å². The first-order chi connectivity index (χ1) is 30.8. The van der Waals surface area contributed by atoms with Crippen LogP contribution in [0.1, 0.15) is 129 Å². The van der Waals surface area contributed by atoms with Gasteiger partial charge in [0, 0.05) is 73.2 Å². The average molecular weight is 907 g/mol. The third kappa shape index (κ3) is 10.3. The molecule has 5 bridgehead atoms. The number of amides is 1. The maximum Gasteiger partial charge on any atom is 0.312 e. The topological polar surface area (TPSA) is 229 Å². The molecule has 0 saturated heterocycles.